The minimum Gasteiger partial charge on any atom is -0.493 e. The summed E-state index contributed by atoms with van der Waals surface area (Å²) in [4.78, 5) is 0. The van der Waals surface area contributed by atoms with Gasteiger partial charge in [-0.15, -0.1) is 0 Å². The Morgan fingerprint density at radius 3 is 2.85 bits per heavy atom. The number of ether oxygens (including phenoxy) is 1. The van der Waals surface area contributed by atoms with E-state index in [1.165, 1.54) is 11.1 Å². The van der Waals surface area contributed by atoms with Crippen molar-refractivity contribution >= 4 is 0 Å². The van der Waals surface area contributed by atoms with E-state index in [2.05, 4.69) is 41.5 Å². The van der Waals surface area contributed by atoms with Crippen LogP contribution < -0.4 is 10.1 Å². The van der Waals surface area contributed by atoms with Crippen molar-refractivity contribution in [2.45, 2.75) is 33.9 Å². The Hall–Kier alpha value is -1.81. The van der Waals surface area contributed by atoms with Gasteiger partial charge in [0.2, 0.25) is 0 Å². The average Bonchev–Trinajstić information content (AvgIpc) is 2.83. The molecule has 2 N–H and O–H groups in total. The van der Waals surface area contributed by atoms with E-state index in [1.807, 2.05) is 25.3 Å². The molecule has 1 aromatic carbocycles. The van der Waals surface area contributed by atoms with Crippen LogP contribution in [0.15, 0.2) is 30.5 Å². The molecule has 20 heavy (non-hydrogen) atoms. The third-order valence-corrected chi connectivity index (χ3v) is 3.06. The summed E-state index contributed by atoms with van der Waals surface area (Å²) in [6.45, 7) is 8.73. The first-order valence-electron chi connectivity index (χ1n) is 7.06. The molecular formula is C16H23N3O. The van der Waals surface area contributed by atoms with Gasteiger partial charge in [0.15, 0.2) is 0 Å². The molecule has 1 aromatic heterocycles. The molecule has 108 valence electrons. The van der Waals surface area contributed by atoms with E-state index in [-0.39, 0.29) is 0 Å². The minimum atomic E-state index is 0.542. The maximum Gasteiger partial charge on any atom is 0.119 e. The second-order valence-electron chi connectivity index (χ2n) is 5.48. The van der Waals surface area contributed by atoms with Crippen LogP contribution in [-0.2, 0) is 13.1 Å². The summed E-state index contributed by atoms with van der Waals surface area (Å²) in [7, 11) is 0. The molecule has 1 heterocycles. The maximum atomic E-state index is 5.74. The molecule has 0 aliphatic heterocycles. The standard InChI is InChI=1S/C16H23N3O/c1-12(2)11-20-16-6-4-5-14(7-16)8-17-9-15-10-18-19-13(15)3/h4-7,10,12,17H,8-9,11H2,1-3H3,(H,18,19). The number of hydrogen-bond acceptors (Lipinski definition) is 3. The average molecular weight is 273 g/mol. The number of aromatic amines is 1. The van der Waals surface area contributed by atoms with E-state index in [0.29, 0.717) is 5.92 Å². The van der Waals surface area contributed by atoms with Crippen LogP contribution in [0.1, 0.15) is 30.7 Å². The largest absolute Gasteiger partial charge is 0.493 e. The molecule has 0 bridgehead atoms. The molecule has 0 fully saturated rings. The van der Waals surface area contributed by atoms with Crippen molar-refractivity contribution in [3.8, 4) is 5.75 Å². The monoisotopic (exact) mass is 273 g/mol. The summed E-state index contributed by atoms with van der Waals surface area (Å²) in [6, 6.07) is 8.25. The molecule has 0 saturated carbocycles. The molecule has 4 heteroatoms. The Morgan fingerprint density at radius 1 is 1.30 bits per heavy atom. The lowest BCUT2D eigenvalue weighted by Crippen LogP contribution is -2.13. The number of benzene rings is 1. The van der Waals surface area contributed by atoms with Gasteiger partial charge in [0.05, 0.1) is 12.8 Å². The van der Waals surface area contributed by atoms with E-state index in [9.17, 15) is 0 Å². The van der Waals surface area contributed by atoms with E-state index >= 15 is 0 Å². The highest BCUT2D eigenvalue weighted by Crippen LogP contribution is 2.14. The molecule has 0 radical (unpaired) electrons. The first-order chi connectivity index (χ1) is 9.65. The van der Waals surface area contributed by atoms with Gasteiger partial charge in [-0.05, 0) is 30.5 Å². The lowest BCUT2D eigenvalue weighted by Gasteiger charge is -2.10. The van der Waals surface area contributed by atoms with Crippen LogP contribution in [0, 0.1) is 12.8 Å². The minimum absolute atomic E-state index is 0.542. The third-order valence-electron chi connectivity index (χ3n) is 3.06. The van der Waals surface area contributed by atoms with Gasteiger partial charge in [-0.2, -0.15) is 5.10 Å². The molecule has 0 aliphatic rings. The fraction of sp³-hybridized carbons (Fsp3) is 0.438. The van der Waals surface area contributed by atoms with Crippen molar-refractivity contribution in [2.75, 3.05) is 6.61 Å². The fourth-order valence-electron chi connectivity index (χ4n) is 1.90. The normalized spacial score (nSPS) is 11.0. The smallest absolute Gasteiger partial charge is 0.119 e. The molecule has 0 unspecified atom stereocenters. The van der Waals surface area contributed by atoms with Gasteiger partial charge in [0.1, 0.15) is 5.75 Å². The van der Waals surface area contributed by atoms with Gasteiger partial charge in [0.25, 0.3) is 0 Å². The van der Waals surface area contributed by atoms with Gasteiger partial charge in [-0.3, -0.25) is 5.10 Å². The highest BCUT2D eigenvalue weighted by molar-refractivity contribution is 5.28. The predicted octanol–water partition coefficient (Wildman–Crippen LogP) is 3.04. The second-order valence-corrected chi connectivity index (χ2v) is 5.48. The Bertz CT molecular complexity index is 534. The van der Waals surface area contributed by atoms with Crippen molar-refractivity contribution in [3.05, 3.63) is 47.3 Å². The van der Waals surface area contributed by atoms with Gasteiger partial charge in [0, 0.05) is 24.3 Å². The van der Waals surface area contributed by atoms with Gasteiger partial charge in [-0.25, -0.2) is 0 Å². The van der Waals surface area contributed by atoms with Crippen LogP contribution in [0.5, 0.6) is 5.75 Å². The number of aryl methyl sites for hydroxylation is 1. The highest BCUT2D eigenvalue weighted by Gasteiger charge is 2.01. The van der Waals surface area contributed by atoms with Crippen molar-refractivity contribution in [2.24, 2.45) is 5.92 Å². The zero-order chi connectivity index (χ0) is 14.4. The van der Waals surface area contributed by atoms with E-state index < -0.39 is 0 Å². The van der Waals surface area contributed by atoms with Crippen LogP contribution in [0.2, 0.25) is 0 Å². The second kappa shape index (κ2) is 7.10. The Kier molecular flexibility index (Phi) is 5.18. The summed E-state index contributed by atoms with van der Waals surface area (Å²) >= 11 is 0. The first-order valence-corrected chi connectivity index (χ1v) is 7.06. The molecule has 0 aliphatic carbocycles. The number of nitrogens with one attached hydrogen (secondary N) is 2. The third kappa shape index (κ3) is 4.38. The number of hydrogen-bond donors (Lipinski definition) is 2. The van der Waals surface area contributed by atoms with E-state index in [1.54, 1.807) is 0 Å². The molecule has 4 nitrogen and oxygen atoms in total. The number of nitrogens with zero attached hydrogens (tertiary/aromatic N) is 1. The van der Waals surface area contributed by atoms with E-state index in [4.69, 9.17) is 4.74 Å². The van der Waals surface area contributed by atoms with Crippen LogP contribution in [0.25, 0.3) is 0 Å². The van der Waals surface area contributed by atoms with Crippen molar-refractivity contribution < 1.29 is 4.74 Å². The summed E-state index contributed by atoms with van der Waals surface area (Å²) in [5.41, 5.74) is 3.55. The van der Waals surface area contributed by atoms with Crippen LogP contribution in [0.3, 0.4) is 0 Å². The Morgan fingerprint density at radius 2 is 2.15 bits per heavy atom. The first kappa shape index (κ1) is 14.6. The Balaban J connectivity index is 1.83. The summed E-state index contributed by atoms with van der Waals surface area (Å²) in [5, 5.41) is 10.4. The molecule has 0 amide bonds. The molecule has 0 saturated heterocycles. The maximum absolute atomic E-state index is 5.74. The SMILES string of the molecule is Cc1[nH]ncc1CNCc1cccc(OCC(C)C)c1. The lowest BCUT2D eigenvalue weighted by atomic mass is 10.2. The summed E-state index contributed by atoms with van der Waals surface area (Å²) in [6.07, 6.45) is 1.87. The van der Waals surface area contributed by atoms with Crippen LogP contribution in [0.4, 0.5) is 0 Å². The number of aromatic nitrogens is 2. The van der Waals surface area contributed by atoms with Crippen molar-refractivity contribution in [1.82, 2.24) is 15.5 Å². The molecule has 2 rings (SSSR count). The summed E-state index contributed by atoms with van der Waals surface area (Å²) in [5.74, 6) is 1.48. The lowest BCUT2D eigenvalue weighted by molar-refractivity contribution is 0.271. The van der Waals surface area contributed by atoms with Crippen molar-refractivity contribution in [1.29, 1.82) is 0 Å². The predicted molar refractivity (Wildman–Crippen MR) is 80.6 cm³/mol. The fourth-order valence-corrected chi connectivity index (χ4v) is 1.90. The zero-order valence-corrected chi connectivity index (χ0v) is 12.4. The number of H-pyrrole nitrogens is 1. The molecule has 2 aromatic rings. The van der Waals surface area contributed by atoms with Crippen LogP contribution >= 0.6 is 0 Å². The molecular weight excluding hydrogens is 250 g/mol. The van der Waals surface area contributed by atoms with Gasteiger partial charge >= 0.3 is 0 Å². The zero-order valence-electron chi connectivity index (χ0n) is 12.4. The Labute approximate surface area is 120 Å². The quantitative estimate of drug-likeness (QED) is 0.815. The van der Waals surface area contributed by atoms with Crippen LogP contribution in [-0.4, -0.2) is 16.8 Å². The molecule has 0 spiro atoms. The van der Waals surface area contributed by atoms with Gasteiger partial charge < -0.3 is 10.1 Å². The van der Waals surface area contributed by atoms with E-state index in [0.717, 1.165) is 31.1 Å². The number of rotatable bonds is 7. The van der Waals surface area contributed by atoms with Crippen molar-refractivity contribution in [3.63, 3.8) is 0 Å². The summed E-state index contributed by atoms with van der Waals surface area (Å²) < 4.78 is 5.74. The highest BCUT2D eigenvalue weighted by atomic mass is 16.5. The van der Waals surface area contributed by atoms with Gasteiger partial charge in [-0.1, -0.05) is 26.0 Å². The molecule has 0 atom stereocenters. The topological polar surface area (TPSA) is 49.9 Å².